The van der Waals surface area contributed by atoms with Crippen LogP contribution >= 0.6 is 0 Å². The van der Waals surface area contributed by atoms with Crippen molar-refractivity contribution in [3.8, 4) is 0 Å². The van der Waals surface area contributed by atoms with Crippen molar-refractivity contribution in [2.45, 2.75) is 25.0 Å². The minimum absolute atomic E-state index is 0.0599. The van der Waals surface area contributed by atoms with Gasteiger partial charge in [-0.15, -0.1) is 0 Å². The Kier molecular flexibility index (Phi) is 5.27. The number of carboxylic acids is 1. The summed E-state index contributed by atoms with van der Waals surface area (Å²) in [5, 5.41) is 11.5. The molecule has 6 heteroatoms. The molecule has 27 heavy (non-hydrogen) atoms. The maximum Gasteiger partial charge on any atom is 0.229 e. The number of quaternary nitrogens is 1. The predicted octanol–water partition coefficient (Wildman–Crippen LogP) is -1.03. The number of rotatable bonds is 5. The van der Waals surface area contributed by atoms with Gasteiger partial charge in [0.05, 0.1) is 50.8 Å². The lowest BCUT2D eigenvalue weighted by Gasteiger charge is -2.36. The average Bonchev–Trinajstić information content (AvgIpc) is 3.30. The molecule has 0 radical (unpaired) electrons. The van der Waals surface area contributed by atoms with E-state index in [0.717, 1.165) is 32.5 Å². The highest BCUT2D eigenvalue weighted by molar-refractivity contribution is 5.86. The smallest absolute Gasteiger partial charge is 0.229 e. The van der Waals surface area contributed by atoms with Crippen LogP contribution in [0, 0.1) is 11.8 Å². The quantitative estimate of drug-likeness (QED) is 0.719. The zero-order valence-electron chi connectivity index (χ0n) is 15.4. The Morgan fingerprint density at radius 3 is 2.44 bits per heavy atom. The van der Waals surface area contributed by atoms with Crippen LogP contribution in [-0.2, 0) is 14.3 Å². The van der Waals surface area contributed by atoms with Crippen LogP contribution in [0.15, 0.2) is 36.4 Å². The zero-order valence-corrected chi connectivity index (χ0v) is 15.4. The lowest BCUT2D eigenvalue weighted by atomic mass is 9.78. The molecule has 0 unspecified atom stereocenters. The van der Waals surface area contributed by atoms with Gasteiger partial charge in [0.15, 0.2) is 0 Å². The summed E-state index contributed by atoms with van der Waals surface area (Å²) >= 11 is 0. The molecular formula is C21H26N2O4. The van der Waals surface area contributed by atoms with Gasteiger partial charge in [-0.05, 0) is 24.5 Å². The summed E-state index contributed by atoms with van der Waals surface area (Å²) in [6, 6.07) is 10.2. The minimum atomic E-state index is -1.14. The van der Waals surface area contributed by atoms with Crippen LogP contribution in [0.5, 0.6) is 0 Å². The number of amides is 1. The first-order valence-electron chi connectivity index (χ1n) is 9.84. The largest absolute Gasteiger partial charge is 0.550 e. The molecule has 0 aromatic heterocycles. The molecule has 3 saturated heterocycles. The van der Waals surface area contributed by atoms with Gasteiger partial charge in [-0.1, -0.05) is 36.4 Å². The number of carboxylic acid groups (broad SMARTS) is 1. The monoisotopic (exact) mass is 370 g/mol. The fourth-order valence-corrected chi connectivity index (χ4v) is 4.68. The van der Waals surface area contributed by atoms with Crippen molar-refractivity contribution in [3.05, 3.63) is 42.0 Å². The third kappa shape index (κ3) is 3.77. The number of carbonyl (C=O) groups excluding carboxylic acids is 2. The number of carbonyl (C=O) groups is 2. The number of hydrogen-bond donors (Lipinski definition) is 1. The highest BCUT2D eigenvalue weighted by Crippen LogP contribution is 2.44. The van der Waals surface area contributed by atoms with E-state index in [9.17, 15) is 14.7 Å². The molecule has 1 aromatic carbocycles. The van der Waals surface area contributed by atoms with E-state index in [-0.39, 0.29) is 18.1 Å². The van der Waals surface area contributed by atoms with Crippen molar-refractivity contribution in [1.29, 1.82) is 0 Å². The van der Waals surface area contributed by atoms with Gasteiger partial charge in [-0.2, -0.15) is 0 Å². The Labute approximate surface area is 159 Å². The lowest BCUT2D eigenvalue weighted by molar-refractivity contribution is -0.898. The zero-order chi connectivity index (χ0) is 18.8. The number of benzene rings is 1. The summed E-state index contributed by atoms with van der Waals surface area (Å²) in [6.45, 7) is 4.02. The second kappa shape index (κ2) is 7.82. The van der Waals surface area contributed by atoms with Crippen molar-refractivity contribution in [2.24, 2.45) is 11.8 Å². The van der Waals surface area contributed by atoms with Gasteiger partial charge in [0.2, 0.25) is 5.91 Å². The van der Waals surface area contributed by atoms with Gasteiger partial charge >= 0.3 is 0 Å². The first-order valence-corrected chi connectivity index (χ1v) is 9.84. The number of hydrogen-bond acceptors (Lipinski definition) is 4. The molecule has 1 amide bonds. The topological polar surface area (TPSA) is 74.1 Å². The first-order chi connectivity index (χ1) is 13.1. The number of piperazine rings is 1. The molecule has 1 N–H and O–H groups in total. The molecule has 4 rings (SSSR count). The Morgan fingerprint density at radius 2 is 1.78 bits per heavy atom. The molecule has 3 heterocycles. The standard InChI is InChI=1S/C21H26N2O4/c24-20(18-16-8-9-17(27-16)19(18)21(25)26)23-13-11-22(12-14-23)10-4-7-15-5-2-1-3-6-15/h1-7,16-19H,8-14H2,(H,25,26)/b7-4+/t16-,17+,18-,19+/m1/s1. The van der Waals surface area contributed by atoms with E-state index in [4.69, 9.17) is 4.74 Å². The highest BCUT2D eigenvalue weighted by atomic mass is 16.5. The van der Waals surface area contributed by atoms with Crippen molar-refractivity contribution >= 4 is 18.0 Å². The highest BCUT2D eigenvalue weighted by Gasteiger charge is 2.53. The SMILES string of the molecule is O=C([O-])[C@@H]1[C@H](C(=O)N2CC[NH+](C/C=C/c3ccccc3)CC2)[C@H]2CC[C@@H]1O2. The van der Waals surface area contributed by atoms with Crippen LogP contribution in [0.3, 0.4) is 0 Å². The van der Waals surface area contributed by atoms with Gasteiger partial charge in [0, 0.05) is 11.9 Å². The predicted molar refractivity (Wildman–Crippen MR) is 97.5 cm³/mol. The third-order valence-corrected chi connectivity index (χ3v) is 6.13. The molecule has 0 aliphatic carbocycles. The molecule has 6 nitrogen and oxygen atoms in total. The van der Waals surface area contributed by atoms with E-state index in [1.54, 1.807) is 0 Å². The Hall–Kier alpha value is -2.18. The van der Waals surface area contributed by atoms with Gasteiger partial charge in [0.1, 0.15) is 0 Å². The summed E-state index contributed by atoms with van der Waals surface area (Å²) in [7, 11) is 0. The minimum Gasteiger partial charge on any atom is -0.550 e. The second-order valence-corrected chi connectivity index (χ2v) is 7.75. The van der Waals surface area contributed by atoms with E-state index in [1.165, 1.54) is 10.5 Å². The van der Waals surface area contributed by atoms with E-state index in [0.29, 0.717) is 13.1 Å². The molecule has 2 bridgehead atoms. The van der Waals surface area contributed by atoms with Crippen molar-refractivity contribution in [2.75, 3.05) is 32.7 Å². The summed E-state index contributed by atoms with van der Waals surface area (Å²) in [5.74, 6) is -2.55. The number of fused-ring (bicyclic) bond motifs is 2. The molecule has 3 aliphatic rings. The molecule has 3 aliphatic heterocycles. The van der Waals surface area contributed by atoms with E-state index in [2.05, 4.69) is 24.3 Å². The lowest BCUT2D eigenvalue weighted by Crippen LogP contribution is -3.14. The van der Waals surface area contributed by atoms with Crippen molar-refractivity contribution < 1.29 is 24.3 Å². The fourth-order valence-electron chi connectivity index (χ4n) is 4.68. The Balaban J connectivity index is 1.29. The molecule has 0 saturated carbocycles. The van der Waals surface area contributed by atoms with Crippen LogP contribution in [0.2, 0.25) is 0 Å². The summed E-state index contributed by atoms with van der Waals surface area (Å²) in [4.78, 5) is 27.7. The van der Waals surface area contributed by atoms with Crippen molar-refractivity contribution in [1.82, 2.24) is 4.90 Å². The summed E-state index contributed by atoms with van der Waals surface area (Å²) < 4.78 is 5.70. The maximum atomic E-state index is 12.9. The van der Waals surface area contributed by atoms with Crippen LogP contribution < -0.4 is 10.0 Å². The maximum absolute atomic E-state index is 12.9. The molecule has 4 atom stereocenters. The van der Waals surface area contributed by atoms with Gasteiger partial charge in [-0.3, -0.25) is 4.79 Å². The Morgan fingerprint density at radius 1 is 1.11 bits per heavy atom. The summed E-state index contributed by atoms with van der Waals surface area (Å²) in [6.07, 6.45) is 5.22. The van der Waals surface area contributed by atoms with E-state index in [1.807, 2.05) is 23.1 Å². The molecule has 144 valence electrons. The van der Waals surface area contributed by atoms with Crippen LogP contribution in [0.25, 0.3) is 6.08 Å². The number of nitrogens with zero attached hydrogens (tertiary/aromatic N) is 1. The van der Waals surface area contributed by atoms with Gasteiger partial charge in [0.25, 0.3) is 0 Å². The van der Waals surface area contributed by atoms with E-state index < -0.39 is 17.8 Å². The second-order valence-electron chi connectivity index (χ2n) is 7.75. The van der Waals surface area contributed by atoms with Crippen molar-refractivity contribution in [3.63, 3.8) is 0 Å². The third-order valence-electron chi connectivity index (χ3n) is 6.13. The Bertz CT molecular complexity index is 712. The number of nitrogens with one attached hydrogen (secondary N) is 1. The molecule has 0 spiro atoms. The summed E-state index contributed by atoms with van der Waals surface area (Å²) in [5.41, 5.74) is 1.19. The van der Waals surface area contributed by atoms with E-state index >= 15 is 0 Å². The van der Waals surface area contributed by atoms with Crippen LogP contribution in [0.4, 0.5) is 0 Å². The van der Waals surface area contributed by atoms with Gasteiger partial charge in [-0.25, -0.2) is 0 Å². The normalized spacial score (nSPS) is 30.9. The molecule has 3 fully saturated rings. The number of ether oxygens (including phenoxy) is 1. The van der Waals surface area contributed by atoms with Gasteiger partial charge < -0.3 is 24.4 Å². The first kappa shape index (κ1) is 18.2. The molecular weight excluding hydrogens is 344 g/mol. The molecule has 1 aromatic rings. The number of aliphatic carboxylic acids is 1. The fraction of sp³-hybridized carbons (Fsp3) is 0.524. The average molecular weight is 370 g/mol. The van der Waals surface area contributed by atoms with Crippen LogP contribution in [0.1, 0.15) is 18.4 Å². The van der Waals surface area contributed by atoms with Crippen LogP contribution in [-0.4, -0.2) is 61.7 Å².